The minimum Gasteiger partial charge on any atom is -0.368 e. The van der Waals surface area contributed by atoms with Gasteiger partial charge in [-0.25, -0.2) is 0 Å². The number of aromatic nitrogens is 2. The largest absolute Gasteiger partial charge is 0.368 e. The maximum Gasteiger partial charge on any atom is 0.101 e. The highest BCUT2D eigenvalue weighted by Crippen LogP contribution is 2.31. The van der Waals surface area contributed by atoms with Crippen molar-refractivity contribution in [3.63, 3.8) is 0 Å². The van der Waals surface area contributed by atoms with Gasteiger partial charge in [-0.05, 0) is 43.9 Å². The van der Waals surface area contributed by atoms with Gasteiger partial charge in [-0.1, -0.05) is 19.9 Å². The van der Waals surface area contributed by atoms with Crippen molar-refractivity contribution in [2.75, 3.05) is 24.5 Å². The lowest BCUT2D eigenvalue weighted by Crippen LogP contribution is -2.51. The van der Waals surface area contributed by atoms with E-state index in [1.54, 1.807) is 0 Å². The summed E-state index contributed by atoms with van der Waals surface area (Å²) >= 11 is 0. The molecule has 0 spiro atoms. The summed E-state index contributed by atoms with van der Waals surface area (Å²) in [7, 11) is 0. The Labute approximate surface area is 150 Å². The summed E-state index contributed by atoms with van der Waals surface area (Å²) in [5.74, 6) is 0.669. The number of nitrogens with zero attached hydrogens (tertiary/aromatic N) is 3. The van der Waals surface area contributed by atoms with Crippen LogP contribution < -0.4 is 10.2 Å². The second kappa shape index (κ2) is 7.28. The lowest BCUT2D eigenvalue weighted by molar-refractivity contribution is 0.388. The first kappa shape index (κ1) is 17.5. The van der Waals surface area contributed by atoms with Gasteiger partial charge in [0, 0.05) is 36.9 Å². The molecule has 1 aromatic carbocycles. The SMILES string of the molecule is Cc1n[nH]c(C)c1-c1ccc(N2CCNC(CC(C)C)C2)c(C#N)c1. The Bertz CT molecular complexity index is 764. The van der Waals surface area contributed by atoms with Crippen LogP contribution >= 0.6 is 0 Å². The van der Waals surface area contributed by atoms with Gasteiger partial charge in [0.05, 0.1) is 16.9 Å². The van der Waals surface area contributed by atoms with Gasteiger partial charge in [0.25, 0.3) is 0 Å². The molecule has 0 amide bonds. The third kappa shape index (κ3) is 3.69. The number of nitrogens with one attached hydrogen (secondary N) is 2. The summed E-state index contributed by atoms with van der Waals surface area (Å²) < 4.78 is 0. The third-order valence-corrected chi connectivity index (χ3v) is 4.89. The molecule has 1 aliphatic rings. The fraction of sp³-hybridized carbons (Fsp3) is 0.500. The molecule has 2 heterocycles. The number of aromatic amines is 1. The summed E-state index contributed by atoms with van der Waals surface area (Å²) in [5, 5.41) is 20.6. The van der Waals surface area contributed by atoms with Crippen LogP contribution in [0.25, 0.3) is 11.1 Å². The number of aryl methyl sites for hydroxylation is 2. The Hall–Kier alpha value is -2.32. The van der Waals surface area contributed by atoms with Gasteiger partial charge in [-0.2, -0.15) is 10.4 Å². The molecule has 0 saturated carbocycles. The Balaban J connectivity index is 1.89. The predicted octanol–water partition coefficient (Wildman–Crippen LogP) is 3.39. The van der Waals surface area contributed by atoms with Crippen LogP contribution in [-0.2, 0) is 0 Å². The van der Waals surface area contributed by atoms with Crippen molar-refractivity contribution < 1.29 is 0 Å². The van der Waals surface area contributed by atoms with Gasteiger partial charge in [-0.15, -0.1) is 0 Å². The zero-order valence-electron chi connectivity index (χ0n) is 15.6. The van der Waals surface area contributed by atoms with Crippen molar-refractivity contribution in [3.05, 3.63) is 35.2 Å². The highest BCUT2D eigenvalue weighted by Gasteiger charge is 2.22. The van der Waals surface area contributed by atoms with Gasteiger partial charge in [-0.3, -0.25) is 5.10 Å². The van der Waals surface area contributed by atoms with E-state index in [1.165, 1.54) is 0 Å². The van der Waals surface area contributed by atoms with Crippen molar-refractivity contribution >= 4 is 5.69 Å². The van der Waals surface area contributed by atoms with Crippen molar-refractivity contribution in [3.8, 4) is 17.2 Å². The molecule has 132 valence electrons. The summed E-state index contributed by atoms with van der Waals surface area (Å²) in [5.41, 5.74) is 5.93. The standard InChI is InChI=1S/C20H27N5/c1-13(2)9-18-12-25(8-7-22-18)19-6-5-16(10-17(19)11-21)20-14(3)23-24-15(20)4/h5-6,10,13,18,22H,7-9,12H2,1-4H3,(H,23,24). The number of nitriles is 1. The summed E-state index contributed by atoms with van der Waals surface area (Å²) in [4.78, 5) is 2.35. The van der Waals surface area contributed by atoms with Crippen molar-refractivity contribution in [2.45, 2.75) is 40.2 Å². The molecule has 0 bridgehead atoms. The average molecular weight is 337 g/mol. The van der Waals surface area contributed by atoms with E-state index in [1.807, 2.05) is 19.9 Å². The van der Waals surface area contributed by atoms with E-state index in [4.69, 9.17) is 0 Å². The topological polar surface area (TPSA) is 67.7 Å². The van der Waals surface area contributed by atoms with Gasteiger partial charge >= 0.3 is 0 Å². The fourth-order valence-electron chi connectivity index (χ4n) is 3.80. The first-order chi connectivity index (χ1) is 12.0. The smallest absolute Gasteiger partial charge is 0.101 e. The molecule has 25 heavy (non-hydrogen) atoms. The number of benzene rings is 1. The number of rotatable bonds is 4. The fourth-order valence-corrected chi connectivity index (χ4v) is 3.80. The maximum atomic E-state index is 9.71. The normalized spacial score (nSPS) is 17.8. The third-order valence-electron chi connectivity index (χ3n) is 4.89. The Kier molecular flexibility index (Phi) is 5.10. The molecule has 3 rings (SSSR count). The lowest BCUT2D eigenvalue weighted by Gasteiger charge is -2.36. The predicted molar refractivity (Wildman–Crippen MR) is 102 cm³/mol. The Morgan fingerprint density at radius 3 is 2.80 bits per heavy atom. The van der Waals surface area contributed by atoms with Crippen molar-refractivity contribution in [1.82, 2.24) is 15.5 Å². The average Bonchev–Trinajstić information content (AvgIpc) is 2.92. The number of anilines is 1. The van der Waals surface area contributed by atoms with Crippen LogP contribution in [0.4, 0.5) is 5.69 Å². The molecule has 1 aromatic heterocycles. The van der Waals surface area contributed by atoms with Crippen molar-refractivity contribution in [2.24, 2.45) is 5.92 Å². The van der Waals surface area contributed by atoms with Crippen LogP contribution in [0.2, 0.25) is 0 Å². The highest BCUT2D eigenvalue weighted by atomic mass is 15.2. The first-order valence-corrected chi connectivity index (χ1v) is 9.04. The molecule has 1 aliphatic heterocycles. The Morgan fingerprint density at radius 1 is 1.36 bits per heavy atom. The molecule has 5 heteroatoms. The zero-order chi connectivity index (χ0) is 18.0. The van der Waals surface area contributed by atoms with Crippen LogP contribution in [0, 0.1) is 31.1 Å². The van der Waals surface area contributed by atoms with Gasteiger partial charge in [0.2, 0.25) is 0 Å². The van der Waals surface area contributed by atoms with Gasteiger partial charge in [0.15, 0.2) is 0 Å². The molecule has 2 aromatic rings. The van der Waals surface area contributed by atoms with E-state index in [-0.39, 0.29) is 0 Å². The molecule has 1 atom stereocenters. The minimum absolute atomic E-state index is 0.485. The van der Waals surface area contributed by atoms with Crippen LogP contribution in [0.5, 0.6) is 0 Å². The molecule has 0 aliphatic carbocycles. The summed E-state index contributed by atoms with van der Waals surface area (Å²) in [6, 6.07) is 9.09. The summed E-state index contributed by atoms with van der Waals surface area (Å²) in [6.45, 7) is 11.4. The second-order valence-corrected chi connectivity index (χ2v) is 7.38. The number of H-pyrrole nitrogens is 1. The molecule has 1 fully saturated rings. The number of piperazine rings is 1. The number of hydrogen-bond donors (Lipinski definition) is 2. The maximum absolute atomic E-state index is 9.71. The number of hydrogen-bond acceptors (Lipinski definition) is 4. The zero-order valence-corrected chi connectivity index (χ0v) is 15.6. The molecular formula is C20H27N5. The Morgan fingerprint density at radius 2 is 2.16 bits per heavy atom. The molecule has 1 unspecified atom stereocenters. The van der Waals surface area contributed by atoms with E-state index in [0.717, 1.165) is 59.8 Å². The van der Waals surface area contributed by atoms with E-state index >= 15 is 0 Å². The highest BCUT2D eigenvalue weighted by molar-refractivity contribution is 5.74. The quantitative estimate of drug-likeness (QED) is 0.897. The van der Waals surface area contributed by atoms with E-state index in [2.05, 4.69) is 52.5 Å². The van der Waals surface area contributed by atoms with Crippen molar-refractivity contribution in [1.29, 1.82) is 5.26 Å². The minimum atomic E-state index is 0.485. The van der Waals surface area contributed by atoms with Crippen LogP contribution in [0.3, 0.4) is 0 Å². The van der Waals surface area contributed by atoms with Crippen LogP contribution in [-0.4, -0.2) is 35.9 Å². The summed E-state index contributed by atoms with van der Waals surface area (Å²) in [6.07, 6.45) is 1.16. The monoisotopic (exact) mass is 337 g/mol. The lowest BCUT2D eigenvalue weighted by atomic mass is 9.98. The van der Waals surface area contributed by atoms with Crippen LogP contribution in [0.15, 0.2) is 18.2 Å². The molecular weight excluding hydrogens is 310 g/mol. The van der Waals surface area contributed by atoms with E-state index < -0.39 is 0 Å². The van der Waals surface area contributed by atoms with Gasteiger partial charge < -0.3 is 10.2 Å². The first-order valence-electron chi connectivity index (χ1n) is 9.04. The molecule has 1 saturated heterocycles. The second-order valence-electron chi connectivity index (χ2n) is 7.38. The van der Waals surface area contributed by atoms with E-state index in [0.29, 0.717) is 12.0 Å². The molecule has 5 nitrogen and oxygen atoms in total. The molecule has 2 N–H and O–H groups in total. The molecule has 0 radical (unpaired) electrons. The van der Waals surface area contributed by atoms with Gasteiger partial charge in [0.1, 0.15) is 6.07 Å². The van der Waals surface area contributed by atoms with Crippen LogP contribution in [0.1, 0.15) is 37.2 Å². The van der Waals surface area contributed by atoms with E-state index in [9.17, 15) is 5.26 Å².